The van der Waals surface area contributed by atoms with Crippen LogP contribution in [-0.4, -0.2) is 24.0 Å². The van der Waals surface area contributed by atoms with Crippen molar-refractivity contribution in [1.29, 1.82) is 0 Å². The van der Waals surface area contributed by atoms with Gasteiger partial charge in [0.25, 0.3) is 0 Å². The van der Waals surface area contributed by atoms with Gasteiger partial charge in [0.05, 0.1) is 16.8 Å². The number of rotatable bonds is 1. The maximum absolute atomic E-state index is 11.9. The predicted octanol–water partition coefficient (Wildman–Crippen LogP) is 3.22. The molecule has 0 bridgehead atoms. The Morgan fingerprint density at radius 2 is 2.00 bits per heavy atom. The van der Waals surface area contributed by atoms with Gasteiger partial charge in [0.15, 0.2) is 0 Å². The van der Waals surface area contributed by atoms with Gasteiger partial charge in [-0.3, -0.25) is 0 Å². The minimum Gasteiger partial charge on any atom is -0.317 e. The van der Waals surface area contributed by atoms with Crippen LogP contribution in [0.15, 0.2) is 48.3 Å². The van der Waals surface area contributed by atoms with E-state index in [0.29, 0.717) is 10.9 Å². The van der Waals surface area contributed by atoms with E-state index in [1.54, 1.807) is 12.3 Å². The first-order valence-corrected chi connectivity index (χ1v) is 8.11. The van der Waals surface area contributed by atoms with Gasteiger partial charge in [0, 0.05) is 6.20 Å². The summed E-state index contributed by atoms with van der Waals surface area (Å²) >= 11 is 6.06. The lowest BCUT2D eigenvalue weighted by atomic mass is 9.73. The van der Waals surface area contributed by atoms with Gasteiger partial charge in [-0.15, -0.1) is 0 Å². The van der Waals surface area contributed by atoms with Crippen LogP contribution >= 0.6 is 11.6 Å². The smallest absolute Gasteiger partial charge is 0.147 e. The van der Waals surface area contributed by atoms with Crippen molar-refractivity contribution in [2.75, 3.05) is 18.0 Å². The molecular formula is C18H16ClN3O. The van der Waals surface area contributed by atoms with Gasteiger partial charge in [-0.1, -0.05) is 29.8 Å². The first-order valence-electron chi connectivity index (χ1n) is 7.74. The van der Waals surface area contributed by atoms with Crippen LogP contribution in [0, 0.1) is 0 Å². The molecule has 0 aliphatic carbocycles. The number of nitrogens with one attached hydrogen (secondary N) is 1. The molecule has 23 heavy (non-hydrogen) atoms. The maximum Gasteiger partial charge on any atom is 0.147 e. The van der Waals surface area contributed by atoms with Crippen molar-refractivity contribution in [3.8, 4) is 0 Å². The number of hydrogen-bond acceptors (Lipinski definition) is 4. The summed E-state index contributed by atoms with van der Waals surface area (Å²) in [6.07, 6.45) is 3.45. The number of hydrogen-bond donors (Lipinski definition) is 1. The minimum atomic E-state index is -0.265. The average molecular weight is 326 g/mol. The van der Waals surface area contributed by atoms with E-state index in [-0.39, 0.29) is 5.41 Å². The Kier molecular flexibility index (Phi) is 3.46. The number of para-hydroxylation sites is 1. The van der Waals surface area contributed by atoms with Gasteiger partial charge >= 0.3 is 0 Å². The van der Waals surface area contributed by atoms with E-state index in [1.165, 1.54) is 5.56 Å². The lowest BCUT2D eigenvalue weighted by Crippen LogP contribution is -2.41. The zero-order chi connectivity index (χ0) is 15.9. The summed E-state index contributed by atoms with van der Waals surface area (Å²) < 4.78 is 0. The van der Waals surface area contributed by atoms with Crippen molar-refractivity contribution in [2.24, 2.45) is 0 Å². The average Bonchev–Trinajstić information content (AvgIpc) is 2.85. The number of aromatic nitrogens is 1. The molecule has 1 spiro atoms. The van der Waals surface area contributed by atoms with Crippen molar-refractivity contribution < 1.29 is 4.79 Å². The molecule has 0 unspecified atom stereocenters. The summed E-state index contributed by atoms with van der Waals surface area (Å²) in [5.74, 6) is 2.24. The standard InChI is InChI=1S/C18H16ClN3O/c19-17-11-13(5-8-21-17)22-15-4-2-1-3-14(15)18(16(22)12-23)6-9-20-10-7-18/h1-5,8,11,20H,6-7,9-10H2. The summed E-state index contributed by atoms with van der Waals surface area (Å²) in [6.45, 7) is 1.79. The van der Waals surface area contributed by atoms with Crippen molar-refractivity contribution >= 4 is 28.9 Å². The van der Waals surface area contributed by atoms with Gasteiger partial charge in [-0.2, -0.15) is 0 Å². The third-order valence-electron chi connectivity index (χ3n) is 4.86. The Bertz CT molecular complexity index is 807. The Hall–Kier alpha value is -2.13. The molecule has 3 heterocycles. The zero-order valence-electron chi connectivity index (χ0n) is 12.6. The number of fused-ring (bicyclic) bond motifs is 2. The second-order valence-corrected chi connectivity index (χ2v) is 6.36. The molecule has 0 atom stereocenters. The molecular weight excluding hydrogens is 310 g/mol. The number of pyridine rings is 1. The monoisotopic (exact) mass is 325 g/mol. The van der Waals surface area contributed by atoms with Crippen LogP contribution in [0.1, 0.15) is 18.4 Å². The van der Waals surface area contributed by atoms with Crippen LogP contribution in [0.4, 0.5) is 11.4 Å². The van der Waals surface area contributed by atoms with Gasteiger partial charge in [-0.25, -0.2) is 9.78 Å². The lowest BCUT2D eigenvalue weighted by Gasteiger charge is -2.35. The SMILES string of the molecule is O=C=C1N(c2ccnc(Cl)c2)c2ccccc2C12CCNCC2. The summed E-state index contributed by atoms with van der Waals surface area (Å²) in [6, 6.07) is 11.9. The Morgan fingerprint density at radius 3 is 2.74 bits per heavy atom. The molecule has 2 aliphatic heterocycles. The van der Waals surface area contributed by atoms with Crippen LogP contribution in [0.25, 0.3) is 0 Å². The first-order chi connectivity index (χ1) is 11.3. The topological polar surface area (TPSA) is 45.2 Å². The van der Waals surface area contributed by atoms with E-state index in [1.807, 2.05) is 23.1 Å². The highest BCUT2D eigenvalue weighted by Gasteiger charge is 2.49. The minimum absolute atomic E-state index is 0.265. The molecule has 4 rings (SSSR count). The number of halogens is 1. The fraction of sp³-hybridized carbons (Fsp3) is 0.278. The van der Waals surface area contributed by atoms with Crippen molar-refractivity contribution in [3.63, 3.8) is 0 Å². The van der Waals surface area contributed by atoms with Crippen LogP contribution in [0.2, 0.25) is 5.15 Å². The third-order valence-corrected chi connectivity index (χ3v) is 5.07. The molecule has 1 saturated heterocycles. The molecule has 5 heteroatoms. The summed E-state index contributed by atoms with van der Waals surface area (Å²) in [4.78, 5) is 18.0. The van der Waals surface area contributed by atoms with Gasteiger partial charge in [0.1, 0.15) is 16.8 Å². The van der Waals surface area contributed by atoms with Crippen LogP contribution in [0.5, 0.6) is 0 Å². The first kappa shape index (κ1) is 14.5. The fourth-order valence-electron chi connectivity index (χ4n) is 3.84. The fourth-order valence-corrected chi connectivity index (χ4v) is 4.01. The van der Waals surface area contributed by atoms with E-state index < -0.39 is 0 Å². The number of allylic oxidation sites excluding steroid dienone is 1. The zero-order valence-corrected chi connectivity index (χ0v) is 13.3. The van der Waals surface area contributed by atoms with E-state index in [4.69, 9.17) is 11.6 Å². The van der Waals surface area contributed by atoms with Crippen molar-refractivity contribution in [1.82, 2.24) is 10.3 Å². The van der Waals surface area contributed by atoms with E-state index in [9.17, 15) is 4.79 Å². The van der Waals surface area contributed by atoms with E-state index in [2.05, 4.69) is 28.4 Å². The van der Waals surface area contributed by atoms with Gasteiger partial charge in [-0.05, 0) is 49.7 Å². The molecule has 1 N–H and O–H groups in total. The van der Waals surface area contributed by atoms with Crippen LogP contribution in [-0.2, 0) is 10.2 Å². The molecule has 116 valence electrons. The Morgan fingerprint density at radius 1 is 1.22 bits per heavy atom. The molecule has 0 radical (unpaired) electrons. The highest BCUT2D eigenvalue weighted by atomic mass is 35.5. The summed E-state index contributed by atoms with van der Waals surface area (Å²) in [5.41, 5.74) is 3.51. The molecule has 4 nitrogen and oxygen atoms in total. The molecule has 2 aromatic rings. The second kappa shape index (κ2) is 5.50. The number of carbonyl (C=O) groups excluding carboxylic acids is 1. The predicted molar refractivity (Wildman–Crippen MR) is 90.8 cm³/mol. The highest BCUT2D eigenvalue weighted by molar-refractivity contribution is 6.29. The molecule has 0 amide bonds. The number of anilines is 2. The normalized spacial score (nSPS) is 18.8. The molecule has 1 fully saturated rings. The van der Waals surface area contributed by atoms with E-state index in [0.717, 1.165) is 37.3 Å². The van der Waals surface area contributed by atoms with Crippen molar-refractivity contribution in [3.05, 3.63) is 59.0 Å². The Labute approximate surface area is 139 Å². The Balaban J connectivity index is 1.95. The molecule has 1 aromatic heterocycles. The lowest BCUT2D eigenvalue weighted by molar-refractivity contribution is 0.364. The quantitative estimate of drug-likeness (QED) is 0.646. The molecule has 1 aromatic carbocycles. The third kappa shape index (κ3) is 2.11. The number of piperidine rings is 1. The second-order valence-electron chi connectivity index (χ2n) is 5.97. The highest BCUT2D eigenvalue weighted by Crippen LogP contribution is 2.54. The van der Waals surface area contributed by atoms with Crippen LogP contribution < -0.4 is 10.2 Å². The number of nitrogens with zero attached hydrogens (tertiary/aromatic N) is 2. The van der Waals surface area contributed by atoms with Crippen molar-refractivity contribution in [2.45, 2.75) is 18.3 Å². The molecule has 2 aliphatic rings. The molecule has 0 saturated carbocycles. The summed E-state index contributed by atoms with van der Waals surface area (Å²) in [7, 11) is 0. The van der Waals surface area contributed by atoms with Gasteiger partial charge < -0.3 is 10.2 Å². The van der Waals surface area contributed by atoms with Crippen LogP contribution in [0.3, 0.4) is 0 Å². The largest absolute Gasteiger partial charge is 0.317 e. The van der Waals surface area contributed by atoms with E-state index >= 15 is 0 Å². The summed E-state index contributed by atoms with van der Waals surface area (Å²) in [5, 5.41) is 3.80. The van der Waals surface area contributed by atoms with Gasteiger partial charge in [0.2, 0.25) is 0 Å². The maximum atomic E-state index is 11.9. The number of benzene rings is 1.